The number of phenolic OH excluding ortho intramolecular Hbond substituents is 1. The Hall–Kier alpha value is -3.95. The molecule has 0 unspecified atom stereocenters. The molecule has 2 rings (SSSR count). The summed E-state index contributed by atoms with van der Waals surface area (Å²) in [6, 6.07) is 8.77. The van der Waals surface area contributed by atoms with Gasteiger partial charge in [0.2, 0.25) is 5.91 Å². The summed E-state index contributed by atoms with van der Waals surface area (Å²) in [5.74, 6) is -1.04. The molecule has 0 bridgehead atoms. The van der Waals surface area contributed by atoms with E-state index in [0.717, 1.165) is 0 Å². The number of hydrogen-bond acceptors (Lipinski definition) is 7. The number of carbonyl (C=O) groups is 2. The lowest BCUT2D eigenvalue weighted by Crippen LogP contribution is -2.22. The number of nitro groups is 1. The van der Waals surface area contributed by atoms with Crippen molar-refractivity contribution in [2.24, 2.45) is 5.10 Å². The van der Waals surface area contributed by atoms with E-state index in [2.05, 4.69) is 15.8 Å². The number of benzene rings is 2. The molecule has 0 aliphatic rings. The molecular formula is C19H20N4O6. The third-order valence-corrected chi connectivity index (χ3v) is 3.92. The van der Waals surface area contributed by atoms with Crippen molar-refractivity contribution < 1.29 is 24.4 Å². The molecule has 0 atom stereocenters. The average molecular weight is 400 g/mol. The van der Waals surface area contributed by atoms with E-state index in [-0.39, 0.29) is 40.6 Å². The fourth-order valence-corrected chi connectivity index (χ4v) is 2.41. The highest BCUT2D eigenvalue weighted by Gasteiger charge is 2.18. The first-order valence-electron chi connectivity index (χ1n) is 8.47. The van der Waals surface area contributed by atoms with Gasteiger partial charge >= 0.3 is 0 Å². The molecule has 0 heterocycles. The predicted octanol–water partition coefficient (Wildman–Crippen LogP) is 2.75. The molecule has 0 radical (unpaired) electrons. The van der Waals surface area contributed by atoms with Crippen molar-refractivity contribution in [1.82, 2.24) is 5.43 Å². The highest BCUT2D eigenvalue weighted by molar-refractivity contribution is 6.07. The van der Waals surface area contributed by atoms with Gasteiger partial charge in [-0.2, -0.15) is 5.10 Å². The van der Waals surface area contributed by atoms with Gasteiger partial charge in [-0.05, 0) is 37.6 Å². The number of nitrogens with one attached hydrogen (secondary N) is 2. The van der Waals surface area contributed by atoms with Gasteiger partial charge < -0.3 is 15.2 Å². The second kappa shape index (κ2) is 9.31. The standard InChI is InChI=1S/C19H20N4O6/c1-11-5-4-6-14(18(11)25)19(26)22-21-12(2)9-17(24)20-15-8-7-13(29-3)10-16(15)23(27)28/h4-8,10,25H,9H2,1-3H3,(H,20,24)(H,22,26). The Morgan fingerprint density at radius 2 is 2.00 bits per heavy atom. The molecule has 2 aromatic carbocycles. The first-order valence-corrected chi connectivity index (χ1v) is 8.47. The predicted molar refractivity (Wildman–Crippen MR) is 106 cm³/mol. The Kier molecular flexibility index (Phi) is 6.85. The van der Waals surface area contributed by atoms with Crippen LogP contribution in [-0.4, -0.2) is 34.7 Å². The monoisotopic (exact) mass is 400 g/mol. The summed E-state index contributed by atoms with van der Waals surface area (Å²) in [5.41, 5.74) is 2.83. The summed E-state index contributed by atoms with van der Waals surface area (Å²) in [4.78, 5) is 34.8. The maximum atomic E-state index is 12.2. The van der Waals surface area contributed by atoms with Gasteiger partial charge in [0.1, 0.15) is 17.2 Å². The van der Waals surface area contributed by atoms with Crippen molar-refractivity contribution in [3.05, 3.63) is 57.6 Å². The Labute approximate surface area is 166 Å². The number of aromatic hydroxyl groups is 1. The first-order chi connectivity index (χ1) is 13.7. The normalized spacial score (nSPS) is 10.9. The zero-order valence-electron chi connectivity index (χ0n) is 16.1. The third-order valence-electron chi connectivity index (χ3n) is 3.92. The van der Waals surface area contributed by atoms with E-state index in [1.54, 1.807) is 19.1 Å². The topological polar surface area (TPSA) is 143 Å². The largest absolute Gasteiger partial charge is 0.507 e. The molecule has 2 aromatic rings. The molecule has 3 N–H and O–H groups in total. The summed E-state index contributed by atoms with van der Waals surface area (Å²) in [7, 11) is 1.38. The summed E-state index contributed by atoms with van der Waals surface area (Å²) in [5, 5.41) is 27.3. The van der Waals surface area contributed by atoms with Crippen LogP contribution in [0.1, 0.15) is 29.3 Å². The zero-order valence-corrected chi connectivity index (χ0v) is 16.1. The van der Waals surface area contributed by atoms with Gasteiger partial charge in [0.15, 0.2) is 0 Å². The van der Waals surface area contributed by atoms with Crippen molar-refractivity contribution >= 4 is 28.9 Å². The van der Waals surface area contributed by atoms with Crippen LogP contribution in [0.5, 0.6) is 11.5 Å². The number of anilines is 1. The summed E-state index contributed by atoms with van der Waals surface area (Å²) in [6.07, 6.45) is -0.205. The van der Waals surface area contributed by atoms with Crippen LogP contribution < -0.4 is 15.5 Å². The smallest absolute Gasteiger partial charge is 0.296 e. The van der Waals surface area contributed by atoms with E-state index in [9.17, 15) is 24.8 Å². The fraction of sp³-hybridized carbons (Fsp3) is 0.211. The maximum absolute atomic E-state index is 12.2. The molecule has 0 saturated heterocycles. The molecule has 10 nitrogen and oxygen atoms in total. The zero-order chi connectivity index (χ0) is 21.6. The lowest BCUT2D eigenvalue weighted by atomic mass is 10.1. The van der Waals surface area contributed by atoms with Gasteiger partial charge in [-0.3, -0.25) is 19.7 Å². The summed E-state index contributed by atoms with van der Waals surface area (Å²) < 4.78 is 4.94. The number of para-hydroxylation sites is 1. The van der Waals surface area contributed by atoms with Crippen LogP contribution in [0, 0.1) is 17.0 Å². The van der Waals surface area contributed by atoms with Crippen LogP contribution >= 0.6 is 0 Å². The maximum Gasteiger partial charge on any atom is 0.296 e. The molecule has 2 amide bonds. The number of nitrogens with zero attached hydrogens (tertiary/aromatic N) is 2. The Balaban J connectivity index is 2.03. The van der Waals surface area contributed by atoms with Crippen LogP contribution in [0.2, 0.25) is 0 Å². The van der Waals surface area contributed by atoms with Crippen molar-refractivity contribution in [3.8, 4) is 11.5 Å². The highest BCUT2D eigenvalue weighted by Crippen LogP contribution is 2.29. The molecule has 0 aliphatic carbocycles. The molecule has 152 valence electrons. The van der Waals surface area contributed by atoms with Gasteiger partial charge in [0, 0.05) is 5.71 Å². The second-order valence-corrected chi connectivity index (χ2v) is 6.12. The molecular weight excluding hydrogens is 380 g/mol. The minimum Gasteiger partial charge on any atom is -0.507 e. The summed E-state index contributed by atoms with van der Waals surface area (Å²) in [6.45, 7) is 3.17. The van der Waals surface area contributed by atoms with E-state index in [1.165, 1.54) is 38.3 Å². The van der Waals surface area contributed by atoms with E-state index in [1.807, 2.05) is 0 Å². The van der Waals surface area contributed by atoms with E-state index < -0.39 is 16.7 Å². The number of aryl methyl sites for hydroxylation is 1. The van der Waals surface area contributed by atoms with Crippen LogP contribution in [0.4, 0.5) is 11.4 Å². The second-order valence-electron chi connectivity index (χ2n) is 6.12. The SMILES string of the molecule is COc1ccc(NC(=O)CC(C)=NNC(=O)c2cccc(C)c2O)c([N+](=O)[O-])c1. The van der Waals surface area contributed by atoms with Gasteiger partial charge in [-0.25, -0.2) is 5.43 Å². The summed E-state index contributed by atoms with van der Waals surface area (Å²) >= 11 is 0. The molecule has 10 heteroatoms. The van der Waals surface area contributed by atoms with Crippen LogP contribution in [0.3, 0.4) is 0 Å². The van der Waals surface area contributed by atoms with Crippen LogP contribution in [0.25, 0.3) is 0 Å². The first kappa shape index (κ1) is 21.4. The molecule has 0 fully saturated rings. The molecule has 0 spiro atoms. The van der Waals surface area contributed by atoms with E-state index in [0.29, 0.717) is 5.56 Å². The van der Waals surface area contributed by atoms with E-state index in [4.69, 9.17) is 4.74 Å². The number of amides is 2. The van der Waals surface area contributed by atoms with Gasteiger partial charge in [-0.15, -0.1) is 0 Å². The minimum absolute atomic E-state index is 0.0160. The average Bonchev–Trinajstić information content (AvgIpc) is 2.68. The minimum atomic E-state index is -0.631. The van der Waals surface area contributed by atoms with Gasteiger partial charge in [0.25, 0.3) is 11.6 Å². The lowest BCUT2D eigenvalue weighted by molar-refractivity contribution is -0.384. The third kappa shape index (κ3) is 5.51. The van der Waals surface area contributed by atoms with Crippen LogP contribution in [-0.2, 0) is 4.79 Å². The molecule has 0 saturated carbocycles. The van der Waals surface area contributed by atoms with Crippen LogP contribution in [0.15, 0.2) is 41.5 Å². The Morgan fingerprint density at radius 3 is 2.66 bits per heavy atom. The van der Waals surface area contributed by atoms with Gasteiger partial charge in [0.05, 0.1) is 30.1 Å². The quantitative estimate of drug-likeness (QED) is 0.370. The molecule has 29 heavy (non-hydrogen) atoms. The van der Waals surface area contributed by atoms with Crippen molar-refractivity contribution in [3.63, 3.8) is 0 Å². The molecule has 0 aromatic heterocycles. The number of hydrogen-bond donors (Lipinski definition) is 3. The lowest BCUT2D eigenvalue weighted by Gasteiger charge is -2.08. The number of carbonyl (C=O) groups excluding carboxylic acids is 2. The highest BCUT2D eigenvalue weighted by atomic mass is 16.6. The molecule has 0 aliphatic heterocycles. The van der Waals surface area contributed by atoms with Gasteiger partial charge in [-0.1, -0.05) is 12.1 Å². The Morgan fingerprint density at radius 1 is 1.28 bits per heavy atom. The number of methoxy groups -OCH3 is 1. The Bertz CT molecular complexity index is 987. The van der Waals surface area contributed by atoms with Crippen molar-refractivity contribution in [2.45, 2.75) is 20.3 Å². The number of phenols is 1. The number of hydrazone groups is 1. The number of ether oxygens (including phenoxy) is 1. The number of rotatable bonds is 7. The van der Waals surface area contributed by atoms with Crippen molar-refractivity contribution in [2.75, 3.05) is 12.4 Å². The number of nitro benzene ring substituents is 1. The van der Waals surface area contributed by atoms with Crippen molar-refractivity contribution in [1.29, 1.82) is 0 Å². The fourth-order valence-electron chi connectivity index (χ4n) is 2.41. The van der Waals surface area contributed by atoms with E-state index >= 15 is 0 Å².